The lowest BCUT2D eigenvalue weighted by molar-refractivity contribution is -0.129. The molecule has 1 aliphatic heterocycles. The quantitative estimate of drug-likeness (QED) is 0.799. The normalized spacial score (nSPS) is 18.0. The Morgan fingerprint density at radius 1 is 1.30 bits per heavy atom. The molecule has 0 bridgehead atoms. The lowest BCUT2D eigenvalue weighted by Gasteiger charge is -2.33. The summed E-state index contributed by atoms with van der Waals surface area (Å²) in [4.78, 5) is 18.8. The molecule has 2 aromatic rings. The van der Waals surface area contributed by atoms with Crippen molar-refractivity contribution in [1.29, 1.82) is 0 Å². The van der Waals surface area contributed by atoms with E-state index in [9.17, 15) is 4.79 Å². The molecule has 0 spiro atoms. The number of rotatable bonds is 4. The maximum absolute atomic E-state index is 12.5. The van der Waals surface area contributed by atoms with Gasteiger partial charge in [0.05, 0.1) is 10.8 Å². The van der Waals surface area contributed by atoms with Crippen LogP contribution in [0, 0.1) is 6.92 Å². The molecule has 0 saturated carbocycles. The van der Waals surface area contributed by atoms with E-state index in [1.165, 1.54) is 29.3 Å². The van der Waals surface area contributed by atoms with Crippen LogP contribution in [0.2, 0.25) is 0 Å². The molecule has 1 saturated heterocycles. The number of likely N-dealkylation sites (tertiary alicyclic amines) is 1. The van der Waals surface area contributed by atoms with Gasteiger partial charge in [-0.05, 0) is 37.5 Å². The van der Waals surface area contributed by atoms with Gasteiger partial charge < -0.3 is 4.90 Å². The molecule has 3 rings (SSSR count). The van der Waals surface area contributed by atoms with E-state index in [-0.39, 0.29) is 5.91 Å². The highest BCUT2D eigenvalue weighted by molar-refractivity contribution is 7.99. The first-order chi connectivity index (χ1) is 11.2. The number of carbonyl (C=O) groups excluding carboxylic acids is 1. The van der Waals surface area contributed by atoms with Crippen molar-refractivity contribution >= 4 is 17.7 Å². The van der Waals surface area contributed by atoms with Crippen molar-refractivity contribution < 1.29 is 4.79 Å². The third-order valence-corrected chi connectivity index (χ3v) is 5.20. The molecule has 0 N–H and O–H groups in total. The van der Waals surface area contributed by atoms with Crippen LogP contribution in [0.15, 0.2) is 53.7 Å². The number of pyridine rings is 1. The molecule has 1 unspecified atom stereocenters. The van der Waals surface area contributed by atoms with Crippen molar-refractivity contribution in [2.24, 2.45) is 0 Å². The fourth-order valence-corrected chi connectivity index (χ4v) is 3.82. The van der Waals surface area contributed by atoms with Crippen molar-refractivity contribution in [3.8, 4) is 0 Å². The molecule has 1 fully saturated rings. The van der Waals surface area contributed by atoms with Crippen LogP contribution in [0.25, 0.3) is 0 Å². The van der Waals surface area contributed by atoms with E-state index in [1.54, 1.807) is 6.20 Å². The number of hydrogen-bond acceptors (Lipinski definition) is 3. The van der Waals surface area contributed by atoms with Crippen molar-refractivity contribution in [3.05, 3.63) is 59.8 Å². The lowest BCUT2D eigenvalue weighted by atomic mass is 9.90. The van der Waals surface area contributed by atoms with E-state index in [1.807, 2.05) is 23.1 Å². The van der Waals surface area contributed by atoms with Crippen LogP contribution in [0.3, 0.4) is 0 Å². The number of hydrogen-bond donors (Lipinski definition) is 0. The second kappa shape index (κ2) is 7.64. The minimum atomic E-state index is 0.220. The SMILES string of the molecule is Cc1cccc(C2CCCN(C(=O)CSc3ccccn3)C2)c1. The molecule has 0 radical (unpaired) electrons. The Bertz CT molecular complexity index is 659. The minimum Gasteiger partial charge on any atom is -0.341 e. The van der Waals surface area contributed by atoms with Crippen molar-refractivity contribution in [3.63, 3.8) is 0 Å². The summed E-state index contributed by atoms with van der Waals surface area (Å²) in [6.45, 7) is 3.84. The monoisotopic (exact) mass is 326 g/mol. The minimum absolute atomic E-state index is 0.220. The van der Waals surface area contributed by atoms with E-state index in [0.717, 1.165) is 24.5 Å². The number of benzene rings is 1. The molecular formula is C19H22N2OS. The molecule has 1 aromatic heterocycles. The predicted octanol–water partition coefficient (Wildman–Crippen LogP) is 3.89. The first kappa shape index (κ1) is 16.1. The second-order valence-electron chi connectivity index (χ2n) is 6.05. The van der Waals surface area contributed by atoms with Crippen LogP contribution < -0.4 is 0 Å². The van der Waals surface area contributed by atoms with Gasteiger partial charge in [0, 0.05) is 25.2 Å². The molecule has 120 valence electrons. The average molecular weight is 326 g/mol. The molecule has 0 aliphatic carbocycles. The van der Waals surface area contributed by atoms with Crippen LogP contribution in [0.1, 0.15) is 29.9 Å². The Morgan fingerprint density at radius 2 is 2.22 bits per heavy atom. The highest BCUT2D eigenvalue weighted by Gasteiger charge is 2.24. The van der Waals surface area contributed by atoms with Gasteiger partial charge >= 0.3 is 0 Å². The van der Waals surface area contributed by atoms with Gasteiger partial charge in [-0.2, -0.15) is 0 Å². The third kappa shape index (κ3) is 4.35. The average Bonchev–Trinajstić information content (AvgIpc) is 2.61. The second-order valence-corrected chi connectivity index (χ2v) is 7.05. The molecule has 1 aliphatic rings. The fourth-order valence-electron chi connectivity index (χ4n) is 3.06. The Morgan fingerprint density at radius 3 is 3.00 bits per heavy atom. The van der Waals surface area contributed by atoms with Crippen molar-refractivity contribution in [2.45, 2.75) is 30.7 Å². The van der Waals surface area contributed by atoms with E-state index in [4.69, 9.17) is 0 Å². The predicted molar refractivity (Wildman–Crippen MR) is 94.7 cm³/mol. The van der Waals surface area contributed by atoms with Crippen LogP contribution >= 0.6 is 11.8 Å². The van der Waals surface area contributed by atoms with Crippen LogP contribution in [0.5, 0.6) is 0 Å². The van der Waals surface area contributed by atoms with E-state index in [0.29, 0.717) is 11.7 Å². The first-order valence-corrected chi connectivity index (χ1v) is 9.09. The number of thioether (sulfide) groups is 1. The summed E-state index contributed by atoms with van der Waals surface area (Å²) >= 11 is 1.52. The van der Waals surface area contributed by atoms with Crippen LogP contribution in [0.4, 0.5) is 0 Å². The highest BCUT2D eigenvalue weighted by atomic mass is 32.2. The van der Waals surface area contributed by atoms with E-state index < -0.39 is 0 Å². The highest BCUT2D eigenvalue weighted by Crippen LogP contribution is 2.28. The summed E-state index contributed by atoms with van der Waals surface area (Å²) in [5.74, 6) is 1.16. The van der Waals surface area contributed by atoms with E-state index >= 15 is 0 Å². The number of carbonyl (C=O) groups is 1. The van der Waals surface area contributed by atoms with Gasteiger partial charge in [0.25, 0.3) is 0 Å². The molecule has 2 heterocycles. The smallest absolute Gasteiger partial charge is 0.233 e. The number of piperidine rings is 1. The lowest BCUT2D eigenvalue weighted by Crippen LogP contribution is -2.40. The third-order valence-electron chi connectivity index (χ3n) is 4.27. The Hall–Kier alpha value is -1.81. The van der Waals surface area contributed by atoms with E-state index in [2.05, 4.69) is 36.2 Å². The summed E-state index contributed by atoms with van der Waals surface area (Å²) in [6.07, 6.45) is 4.01. The van der Waals surface area contributed by atoms with Gasteiger partial charge in [-0.15, -0.1) is 0 Å². The molecule has 4 heteroatoms. The van der Waals surface area contributed by atoms with Gasteiger partial charge in [-0.3, -0.25) is 4.79 Å². The van der Waals surface area contributed by atoms with Crippen LogP contribution in [-0.2, 0) is 4.79 Å². The number of nitrogens with zero attached hydrogens (tertiary/aromatic N) is 2. The summed E-state index contributed by atoms with van der Waals surface area (Å²) in [5.41, 5.74) is 2.65. The fraction of sp³-hybridized carbons (Fsp3) is 0.368. The summed E-state index contributed by atoms with van der Waals surface area (Å²) in [6, 6.07) is 14.5. The summed E-state index contributed by atoms with van der Waals surface area (Å²) in [7, 11) is 0. The van der Waals surface area contributed by atoms with Gasteiger partial charge in [0.15, 0.2) is 0 Å². The zero-order chi connectivity index (χ0) is 16.1. The molecule has 23 heavy (non-hydrogen) atoms. The first-order valence-electron chi connectivity index (χ1n) is 8.10. The zero-order valence-electron chi connectivity index (χ0n) is 13.4. The Balaban J connectivity index is 1.58. The number of aryl methyl sites for hydroxylation is 1. The maximum atomic E-state index is 12.5. The molecule has 1 atom stereocenters. The van der Waals surface area contributed by atoms with Gasteiger partial charge in [0.2, 0.25) is 5.91 Å². The van der Waals surface area contributed by atoms with Crippen molar-refractivity contribution in [2.75, 3.05) is 18.8 Å². The largest absolute Gasteiger partial charge is 0.341 e. The zero-order valence-corrected chi connectivity index (χ0v) is 14.3. The molecular weight excluding hydrogens is 304 g/mol. The topological polar surface area (TPSA) is 33.2 Å². The molecule has 1 amide bonds. The summed E-state index contributed by atoms with van der Waals surface area (Å²) in [5, 5.41) is 0.910. The van der Waals surface area contributed by atoms with Gasteiger partial charge in [-0.1, -0.05) is 47.7 Å². The standard InChI is InChI=1S/C19H22N2OS/c1-15-6-4-7-16(12-15)17-8-5-11-21(13-17)19(22)14-23-18-9-2-3-10-20-18/h2-4,6-7,9-10,12,17H,5,8,11,13-14H2,1H3. The Labute approximate surface area is 142 Å². The maximum Gasteiger partial charge on any atom is 0.233 e. The van der Waals surface area contributed by atoms with Gasteiger partial charge in [-0.25, -0.2) is 4.98 Å². The molecule has 3 nitrogen and oxygen atoms in total. The molecule has 1 aromatic carbocycles. The number of aromatic nitrogens is 1. The summed E-state index contributed by atoms with van der Waals surface area (Å²) < 4.78 is 0. The Kier molecular flexibility index (Phi) is 5.34. The van der Waals surface area contributed by atoms with Crippen LogP contribution in [-0.4, -0.2) is 34.6 Å². The number of amides is 1. The van der Waals surface area contributed by atoms with Gasteiger partial charge in [0.1, 0.15) is 0 Å². The van der Waals surface area contributed by atoms with Crippen molar-refractivity contribution in [1.82, 2.24) is 9.88 Å².